The third kappa shape index (κ3) is 5.63. The molecular weight excluding hydrogens is 294 g/mol. The number of carbonyl (C=O) groups excluding carboxylic acids is 1. The molecule has 1 amide bonds. The van der Waals surface area contributed by atoms with Crippen LogP contribution < -0.4 is 5.32 Å². The minimum absolute atomic E-state index is 0.134. The van der Waals surface area contributed by atoms with Gasteiger partial charge < -0.3 is 10.2 Å². The van der Waals surface area contributed by atoms with E-state index in [1.807, 2.05) is 30.0 Å². The van der Waals surface area contributed by atoms with Gasteiger partial charge in [0.2, 0.25) is 5.91 Å². The SMILES string of the molecule is CN(C)C(CNC(=O)CN1CCCSCC1)c1ccccc1. The number of amides is 1. The van der Waals surface area contributed by atoms with E-state index in [0.717, 1.165) is 18.8 Å². The zero-order valence-electron chi connectivity index (χ0n) is 13.6. The topological polar surface area (TPSA) is 35.6 Å². The normalized spacial score (nSPS) is 18.0. The molecule has 1 aliphatic rings. The highest BCUT2D eigenvalue weighted by molar-refractivity contribution is 7.99. The van der Waals surface area contributed by atoms with Crippen molar-refractivity contribution < 1.29 is 4.79 Å². The quantitative estimate of drug-likeness (QED) is 0.867. The number of benzene rings is 1. The van der Waals surface area contributed by atoms with Crippen molar-refractivity contribution in [2.45, 2.75) is 12.5 Å². The van der Waals surface area contributed by atoms with Crippen LogP contribution in [0.5, 0.6) is 0 Å². The molecule has 1 aromatic carbocycles. The number of hydrogen-bond donors (Lipinski definition) is 1. The smallest absolute Gasteiger partial charge is 0.234 e. The lowest BCUT2D eigenvalue weighted by atomic mass is 10.1. The molecule has 1 unspecified atom stereocenters. The van der Waals surface area contributed by atoms with Gasteiger partial charge in [0.1, 0.15) is 0 Å². The Balaban J connectivity index is 1.82. The lowest BCUT2D eigenvalue weighted by molar-refractivity contribution is -0.122. The van der Waals surface area contributed by atoms with Gasteiger partial charge in [-0.25, -0.2) is 0 Å². The fraction of sp³-hybridized carbons (Fsp3) is 0.588. The van der Waals surface area contributed by atoms with Crippen LogP contribution in [0.15, 0.2) is 30.3 Å². The fourth-order valence-corrected chi connectivity index (χ4v) is 3.62. The van der Waals surface area contributed by atoms with E-state index in [-0.39, 0.29) is 11.9 Å². The Kier molecular flexibility index (Phi) is 7.22. The van der Waals surface area contributed by atoms with Gasteiger partial charge in [0.15, 0.2) is 0 Å². The van der Waals surface area contributed by atoms with Crippen LogP contribution >= 0.6 is 11.8 Å². The standard InChI is InChI=1S/C17H27N3OS/c1-19(2)16(15-7-4-3-5-8-15)13-18-17(21)14-20-9-6-11-22-12-10-20/h3-5,7-8,16H,6,9-14H2,1-2H3,(H,18,21). The minimum atomic E-state index is 0.134. The maximum atomic E-state index is 12.2. The third-order valence-electron chi connectivity index (χ3n) is 3.98. The molecule has 1 heterocycles. The maximum absolute atomic E-state index is 12.2. The second-order valence-electron chi connectivity index (χ2n) is 5.94. The van der Waals surface area contributed by atoms with Gasteiger partial charge >= 0.3 is 0 Å². The Morgan fingerprint density at radius 2 is 2.05 bits per heavy atom. The Bertz CT molecular complexity index is 444. The largest absolute Gasteiger partial charge is 0.353 e. The molecule has 22 heavy (non-hydrogen) atoms. The number of nitrogens with zero attached hydrogens (tertiary/aromatic N) is 2. The van der Waals surface area contributed by atoms with Crippen molar-refractivity contribution in [3.05, 3.63) is 35.9 Å². The molecule has 1 atom stereocenters. The van der Waals surface area contributed by atoms with Crippen molar-refractivity contribution >= 4 is 17.7 Å². The third-order valence-corrected chi connectivity index (χ3v) is 5.03. The van der Waals surface area contributed by atoms with E-state index in [0.29, 0.717) is 13.1 Å². The first-order valence-electron chi connectivity index (χ1n) is 7.95. The number of likely N-dealkylation sites (N-methyl/N-ethyl adjacent to an activating group) is 1. The average Bonchev–Trinajstić information content (AvgIpc) is 2.77. The first-order chi connectivity index (χ1) is 10.7. The lowest BCUT2D eigenvalue weighted by Gasteiger charge is -2.26. The van der Waals surface area contributed by atoms with Crippen molar-refractivity contribution in [2.75, 3.05) is 51.8 Å². The van der Waals surface area contributed by atoms with Crippen LogP contribution in [0.2, 0.25) is 0 Å². The molecule has 0 radical (unpaired) electrons. The summed E-state index contributed by atoms with van der Waals surface area (Å²) in [6.07, 6.45) is 1.18. The molecule has 1 aromatic rings. The molecule has 1 saturated heterocycles. The Labute approximate surface area is 138 Å². The summed E-state index contributed by atoms with van der Waals surface area (Å²) in [6, 6.07) is 10.5. The molecule has 1 N–H and O–H groups in total. The first kappa shape index (κ1) is 17.3. The molecular formula is C17H27N3OS. The van der Waals surface area contributed by atoms with Gasteiger partial charge in [0.25, 0.3) is 0 Å². The summed E-state index contributed by atoms with van der Waals surface area (Å²) in [5, 5.41) is 3.10. The molecule has 0 aliphatic carbocycles. The molecule has 0 spiro atoms. The summed E-state index contributed by atoms with van der Waals surface area (Å²) in [7, 11) is 4.10. The highest BCUT2D eigenvalue weighted by Gasteiger charge is 2.17. The number of carbonyl (C=O) groups is 1. The summed E-state index contributed by atoms with van der Waals surface area (Å²) >= 11 is 1.99. The number of hydrogen-bond acceptors (Lipinski definition) is 4. The van der Waals surface area contributed by atoms with Gasteiger partial charge in [-0.2, -0.15) is 11.8 Å². The minimum Gasteiger partial charge on any atom is -0.353 e. The second kappa shape index (κ2) is 9.18. The van der Waals surface area contributed by atoms with Crippen LogP contribution in [0.1, 0.15) is 18.0 Å². The summed E-state index contributed by atoms with van der Waals surface area (Å²) < 4.78 is 0. The Morgan fingerprint density at radius 3 is 2.77 bits per heavy atom. The predicted octanol–water partition coefficient (Wildman–Crippen LogP) is 1.84. The lowest BCUT2D eigenvalue weighted by Crippen LogP contribution is -2.41. The molecule has 122 valence electrons. The van der Waals surface area contributed by atoms with Crippen LogP contribution in [0.3, 0.4) is 0 Å². The summed E-state index contributed by atoms with van der Waals surface area (Å²) in [4.78, 5) is 16.6. The van der Waals surface area contributed by atoms with Gasteiger partial charge in [-0.3, -0.25) is 9.69 Å². The monoisotopic (exact) mass is 321 g/mol. The van der Waals surface area contributed by atoms with Gasteiger partial charge in [0.05, 0.1) is 12.6 Å². The van der Waals surface area contributed by atoms with Gasteiger partial charge in [-0.15, -0.1) is 0 Å². The van der Waals surface area contributed by atoms with Crippen molar-refractivity contribution in [3.8, 4) is 0 Å². The maximum Gasteiger partial charge on any atom is 0.234 e. The summed E-state index contributed by atoms with van der Waals surface area (Å²) in [5.74, 6) is 2.49. The number of nitrogens with one attached hydrogen (secondary N) is 1. The molecule has 0 saturated carbocycles. The van der Waals surface area contributed by atoms with Crippen LogP contribution in [-0.2, 0) is 4.79 Å². The van der Waals surface area contributed by atoms with E-state index in [4.69, 9.17) is 0 Å². The molecule has 0 aromatic heterocycles. The van der Waals surface area contributed by atoms with E-state index >= 15 is 0 Å². The van der Waals surface area contributed by atoms with Crippen LogP contribution in [-0.4, -0.2) is 67.5 Å². The second-order valence-corrected chi connectivity index (χ2v) is 7.16. The Hall–Kier alpha value is -1.04. The van der Waals surface area contributed by atoms with E-state index in [1.165, 1.54) is 17.7 Å². The van der Waals surface area contributed by atoms with E-state index in [2.05, 4.69) is 41.3 Å². The van der Waals surface area contributed by atoms with Crippen molar-refractivity contribution in [2.24, 2.45) is 0 Å². The highest BCUT2D eigenvalue weighted by Crippen LogP contribution is 2.16. The summed E-state index contributed by atoms with van der Waals surface area (Å²) in [6.45, 7) is 3.23. The molecule has 4 nitrogen and oxygen atoms in total. The number of rotatable bonds is 6. The molecule has 0 bridgehead atoms. The molecule has 5 heteroatoms. The molecule has 1 aliphatic heterocycles. The van der Waals surface area contributed by atoms with E-state index in [1.54, 1.807) is 0 Å². The van der Waals surface area contributed by atoms with Crippen molar-refractivity contribution in [1.29, 1.82) is 0 Å². The zero-order chi connectivity index (χ0) is 15.8. The van der Waals surface area contributed by atoms with Crippen molar-refractivity contribution in [3.63, 3.8) is 0 Å². The number of thioether (sulfide) groups is 1. The predicted molar refractivity (Wildman–Crippen MR) is 94.3 cm³/mol. The highest BCUT2D eigenvalue weighted by atomic mass is 32.2. The van der Waals surface area contributed by atoms with E-state index < -0.39 is 0 Å². The Morgan fingerprint density at radius 1 is 1.27 bits per heavy atom. The van der Waals surface area contributed by atoms with Crippen molar-refractivity contribution in [1.82, 2.24) is 15.1 Å². The van der Waals surface area contributed by atoms with Gasteiger partial charge in [-0.1, -0.05) is 30.3 Å². The molecule has 2 rings (SSSR count). The average molecular weight is 321 g/mol. The fourth-order valence-electron chi connectivity index (χ4n) is 2.70. The first-order valence-corrected chi connectivity index (χ1v) is 9.10. The molecule has 1 fully saturated rings. The summed E-state index contributed by atoms with van der Waals surface area (Å²) in [5.41, 5.74) is 1.24. The van der Waals surface area contributed by atoms with Crippen LogP contribution in [0.25, 0.3) is 0 Å². The van der Waals surface area contributed by atoms with Gasteiger partial charge in [0, 0.05) is 18.8 Å². The van der Waals surface area contributed by atoms with E-state index in [9.17, 15) is 4.79 Å². The van der Waals surface area contributed by atoms with Crippen LogP contribution in [0, 0.1) is 0 Å². The van der Waals surface area contributed by atoms with Gasteiger partial charge in [-0.05, 0) is 38.4 Å². The van der Waals surface area contributed by atoms with Crippen LogP contribution in [0.4, 0.5) is 0 Å². The zero-order valence-corrected chi connectivity index (χ0v) is 14.4.